The van der Waals surface area contributed by atoms with Crippen LogP contribution in [0, 0.1) is 6.92 Å². The molecule has 0 aromatic heterocycles. The Balaban J connectivity index is 2.50. The zero-order valence-corrected chi connectivity index (χ0v) is 9.29. The summed E-state index contributed by atoms with van der Waals surface area (Å²) in [5.74, 6) is 1.46. The van der Waals surface area contributed by atoms with Gasteiger partial charge in [-0.25, -0.2) is 0 Å². The second-order valence-electron chi connectivity index (χ2n) is 2.99. The standard InChI is InChI=1S/C11H13ClS/c1-9-4-3-5-11(6-9)13-8-10(2)7-12/h3-6H,2,7-8H2,1H3. The number of hydrogen-bond acceptors (Lipinski definition) is 1. The summed E-state index contributed by atoms with van der Waals surface area (Å²) >= 11 is 7.42. The van der Waals surface area contributed by atoms with Gasteiger partial charge in [0.2, 0.25) is 0 Å². The van der Waals surface area contributed by atoms with Crippen molar-refractivity contribution in [1.29, 1.82) is 0 Å². The van der Waals surface area contributed by atoms with E-state index in [1.54, 1.807) is 11.8 Å². The zero-order valence-electron chi connectivity index (χ0n) is 7.72. The summed E-state index contributed by atoms with van der Waals surface area (Å²) in [6, 6.07) is 8.45. The number of alkyl halides is 1. The normalized spacial score (nSPS) is 10.0. The van der Waals surface area contributed by atoms with Gasteiger partial charge in [0.25, 0.3) is 0 Å². The van der Waals surface area contributed by atoms with Crippen LogP contribution in [0.25, 0.3) is 0 Å². The van der Waals surface area contributed by atoms with Crippen LogP contribution >= 0.6 is 23.4 Å². The minimum absolute atomic E-state index is 0.554. The molecule has 0 amide bonds. The van der Waals surface area contributed by atoms with Crippen molar-refractivity contribution in [2.75, 3.05) is 11.6 Å². The first-order valence-electron chi connectivity index (χ1n) is 4.14. The molecule has 13 heavy (non-hydrogen) atoms. The Kier molecular flexibility index (Phi) is 4.40. The SMILES string of the molecule is C=C(CCl)CSc1cccc(C)c1. The molecule has 0 atom stereocenters. The molecule has 2 heteroatoms. The van der Waals surface area contributed by atoms with E-state index in [1.165, 1.54) is 10.5 Å². The van der Waals surface area contributed by atoms with Gasteiger partial charge in [0.05, 0.1) is 0 Å². The Bertz CT molecular complexity index is 294. The van der Waals surface area contributed by atoms with Gasteiger partial charge < -0.3 is 0 Å². The highest BCUT2D eigenvalue weighted by Gasteiger charge is 1.96. The van der Waals surface area contributed by atoms with Crippen LogP contribution in [0.2, 0.25) is 0 Å². The quantitative estimate of drug-likeness (QED) is 0.415. The maximum Gasteiger partial charge on any atom is 0.0439 e. The number of benzene rings is 1. The van der Waals surface area contributed by atoms with E-state index in [0.717, 1.165) is 11.3 Å². The summed E-state index contributed by atoms with van der Waals surface area (Å²) in [6.45, 7) is 5.96. The fraction of sp³-hybridized carbons (Fsp3) is 0.273. The Morgan fingerprint density at radius 2 is 2.31 bits per heavy atom. The minimum atomic E-state index is 0.554. The Morgan fingerprint density at radius 3 is 2.92 bits per heavy atom. The first-order valence-corrected chi connectivity index (χ1v) is 5.66. The van der Waals surface area contributed by atoms with Crippen molar-refractivity contribution in [1.82, 2.24) is 0 Å². The fourth-order valence-corrected chi connectivity index (χ4v) is 2.05. The van der Waals surface area contributed by atoms with E-state index in [2.05, 4.69) is 37.8 Å². The second kappa shape index (κ2) is 5.36. The van der Waals surface area contributed by atoms with Gasteiger partial charge in [0, 0.05) is 16.5 Å². The summed E-state index contributed by atoms with van der Waals surface area (Å²) in [6.07, 6.45) is 0. The molecule has 0 aliphatic rings. The molecule has 1 rings (SSSR count). The third-order valence-electron chi connectivity index (χ3n) is 1.62. The van der Waals surface area contributed by atoms with E-state index >= 15 is 0 Å². The molecule has 0 saturated heterocycles. The average molecular weight is 213 g/mol. The van der Waals surface area contributed by atoms with E-state index in [9.17, 15) is 0 Å². The van der Waals surface area contributed by atoms with Gasteiger partial charge in [-0.2, -0.15) is 0 Å². The van der Waals surface area contributed by atoms with Crippen LogP contribution in [-0.4, -0.2) is 11.6 Å². The van der Waals surface area contributed by atoms with E-state index in [-0.39, 0.29) is 0 Å². The lowest BCUT2D eigenvalue weighted by Gasteiger charge is -2.02. The largest absolute Gasteiger partial charge is 0.122 e. The zero-order chi connectivity index (χ0) is 9.68. The molecule has 0 aliphatic heterocycles. The Hall–Kier alpha value is -0.400. The van der Waals surface area contributed by atoms with E-state index in [0.29, 0.717) is 5.88 Å². The van der Waals surface area contributed by atoms with Gasteiger partial charge in [0.1, 0.15) is 0 Å². The summed E-state index contributed by atoms with van der Waals surface area (Å²) in [4.78, 5) is 1.28. The molecular weight excluding hydrogens is 200 g/mol. The molecule has 0 unspecified atom stereocenters. The molecule has 0 radical (unpaired) electrons. The fourth-order valence-electron chi connectivity index (χ4n) is 0.929. The molecule has 1 aromatic carbocycles. The average Bonchev–Trinajstić information content (AvgIpc) is 2.14. The predicted octanol–water partition coefficient (Wildman–Crippen LogP) is 3.88. The molecule has 0 spiro atoms. The van der Waals surface area contributed by atoms with Crippen molar-refractivity contribution < 1.29 is 0 Å². The second-order valence-corrected chi connectivity index (χ2v) is 4.30. The van der Waals surface area contributed by atoms with Crippen LogP contribution in [-0.2, 0) is 0 Å². The number of hydrogen-bond donors (Lipinski definition) is 0. The van der Waals surface area contributed by atoms with Crippen molar-refractivity contribution in [3.05, 3.63) is 42.0 Å². The van der Waals surface area contributed by atoms with Gasteiger partial charge in [-0.15, -0.1) is 23.4 Å². The molecule has 0 fully saturated rings. The van der Waals surface area contributed by atoms with Gasteiger partial charge in [-0.05, 0) is 19.1 Å². The van der Waals surface area contributed by atoms with E-state index in [4.69, 9.17) is 11.6 Å². The van der Waals surface area contributed by atoms with Crippen LogP contribution in [0.3, 0.4) is 0 Å². The summed E-state index contributed by atoms with van der Waals surface area (Å²) in [5.41, 5.74) is 2.37. The van der Waals surface area contributed by atoms with Gasteiger partial charge in [-0.3, -0.25) is 0 Å². The molecular formula is C11H13ClS. The number of aryl methyl sites for hydroxylation is 1. The van der Waals surface area contributed by atoms with Gasteiger partial charge >= 0.3 is 0 Å². The summed E-state index contributed by atoms with van der Waals surface area (Å²) in [7, 11) is 0. The third-order valence-corrected chi connectivity index (χ3v) is 3.14. The van der Waals surface area contributed by atoms with Crippen molar-refractivity contribution in [3.8, 4) is 0 Å². The summed E-state index contributed by atoms with van der Waals surface area (Å²) < 4.78 is 0. The molecule has 0 heterocycles. The monoisotopic (exact) mass is 212 g/mol. The topological polar surface area (TPSA) is 0 Å². The van der Waals surface area contributed by atoms with Crippen molar-refractivity contribution in [2.24, 2.45) is 0 Å². The van der Waals surface area contributed by atoms with E-state index < -0.39 is 0 Å². The van der Waals surface area contributed by atoms with Crippen LogP contribution in [0.5, 0.6) is 0 Å². The Labute approximate surface area is 89.0 Å². The van der Waals surface area contributed by atoms with Gasteiger partial charge in [-0.1, -0.05) is 29.8 Å². The number of thioether (sulfide) groups is 1. The smallest absolute Gasteiger partial charge is 0.0439 e. The Morgan fingerprint density at radius 1 is 1.54 bits per heavy atom. The molecule has 0 N–H and O–H groups in total. The maximum absolute atomic E-state index is 5.64. The molecule has 0 bridgehead atoms. The maximum atomic E-state index is 5.64. The predicted molar refractivity (Wildman–Crippen MR) is 61.8 cm³/mol. The molecule has 0 saturated carbocycles. The molecule has 1 aromatic rings. The first kappa shape index (κ1) is 10.7. The lowest BCUT2D eigenvalue weighted by molar-refractivity contribution is 1.35. The van der Waals surface area contributed by atoms with Crippen LogP contribution in [0.15, 0.2) is 41.3 Å². The van der Waals surface area contributed by atoms with Crippen molar-refractivity contribution in [3.63, 3.8) is 0 Å². The third kappa shape index (κ3) is 3.88. The van der Waals surface area contributed by atoms with Crippen LogP contribution in [0.1, 0.15) is 5.56 Å². The van der Waals surface area contributed by atoms with Crippen LogP contribution in [0.4, 0.5) is 0 Å². The van der Waals surface area contributed by atoms with Gasteiger partial charge in [0.15, 0.2) is 0 Å². The number of halogens is 1. The highest BCUT2D eigenvalue weighted by Crippen LogP contribution is 2.21. The van der Waals surface area contributed by atoms with Crippen LogP contribution < -0.4 is 0 Å². The van der Waals surface area contributed by atoms with Crippen molar-refractivity contribution >= 4 is 23.4 Å². The minimum Gasteiger partial charge on any atom is -0.122 e. The van der Waals surface area contributed by atoms with E-state index in [1.807, 2.05) is 0 Å². The highest BCUT2D eigenvalue weighted by atomic mass is 35.5. The summed E-state index contributed by atoms with van der Waals surface area (Å²) in [5, 5.41) is 0. The molecule has 0 aliphatic carbocycles. The first-order chi connectivity index (χ1) is 6.22. The molecule has 0 nitrogen and oxygen atoms in total. The molecule has 70 valence electrons. The lowest BCUT2D eigenvalue weighted by Crippen LogP contribution is -1.86. The lowest BCUT2D eigenvalue weighted by atomic mass is 10.2. The van der Waals surface area contributed by atoms with Crippen molar-refractivity contribution in [2.45, 2.75) is 11.8 Å². The number of rotatable bonds is 4. The highest BCUT2D eigenvalue weighted by molar-refractivity contribution is 7.99.